The van der Waals surface area contributed by atoms with Crippen LogP contribution in [0, 0.1) is 11.3 Å². The number of carbonyl (C=O) groups is 1. The summed E-state index contributed by atoms with van der Waals surface area (Å²) in [5.74, 6) is 0.948. The van der Waals surface area contributed by atoms with Gasteiger partial charge >= 0.3 is 0 Å². The minimum Gasteiger partial charge on any atom is -0.493 e. The molecule has 1 rings (SSSR count). The maximum Gasteiger partial charge on any atom is 0.217 e. The van der Waals surface area contributed by atoms with Crippen LogP contribution in [0.15, 0.2) is 12.3 Å². The first-order valence-electron chi connectivity index (χ1n) is 7.22. The average Bonchev–Trinajstić information content (AvgIpc) is 2.41. The zero-order valence-corrected chi connectivity index (χ0v) is 13.4. The topological polar surface area (TPSA) is 72.3 Å². The van der Waals surface area contributed by atoms with Gasteiger partial charge in [0, 0.05) is 18.0 Å². The predicted octanol–water partition coefficient (Wildman–Crippen LogP) is 3.25. The first-order chi connectivity index (χ1) is 9.86. The lowest BCUT2D eigenvalue weighted by atomic mass is 10.0. The second-order valence-electron chi connectivity index (χ2n) is 5.39. The van der Waals surface area contributed by atoms with Crippen molar-refractivity contribution >= 4 is 11.5 Å². The maximum absolute atomic E-state index is 11.6. The van der Waals surface area contributed by atoms with E-state index in [0.717, 1.165) is 6.42 Å². The number of ether oxygens (including phenoxy) is 2. The molecule has 0 bridgehead atoms. The van der Waals surface area contributed by atoms with E-state index in [-0.39, 0.29) is 11.7 Å². The lowest BCUT2D eigenvalue weighted by Gasteiger charge is -2.20. The normalized spacial score (nSPS) is 12.1. The molecule has 1 heterocycles. The summed E-state index contributed by atoms with van der Waals surface area (Å²) in [7, 11) is 0. The molecule has 0 aliphatic rings. The molecule has 0 radical (unpaired) electrons. The highest BCUT2D eigenvalue weighted by molar-refractivity contribution is 5.98. The Balaban J connectivity index is 3.03. The Morgan fingerprint density at radius 2 is 2.05 bits per heavy atom. The fraction of sp³-hybridized carbons (Fsp3) is 0.562. The van der Waals surface area contributed by atoms with Crippen molar-refractivity contribution in [3.05, 3.63) is 17.8 Å². The summed E-state index contributed by atoms with van der Waals surface area (Å²) in [6.45, 7) is 9.62. The Morgan fingerprint density at radius 3 is 2.52 bits per heavy atom. The van der Waals surface area contributed by atoms with Crippen molar-refractivity contribution in [3.8, 4) is 11.6 Å². The predicted molar refractivity (Wildman–Crippen MR) is 82.5 cm³/mol. The van der Waals surface area contributed by atoms with Crippen molar-refractivity contribution < 1.29 is 14.3 Å². The molecule has 0 saturated heterocycles. The third kappa shape index (κ3) is 4.85. The highest BCUT2D eigenvalue weighted by atomic mass is 16.5. The zero-order valence-electron chi connectivity index (χ0n) is 13.4. The smallest absolute Gasteiger partial charge is 0.217 e. The Labute approximate surface area is 126 Å². The van der Waals surface area contributed by atoms with Gasteiger partial charge in [-0.25, -0.2) is 4.98 Å². The second-order valence-corrected chi connectivity index (χ2v) is 5.39. The van der Waals surface area contributed by atoms with E-state index in [4.69, 9.17) is 14.9 Å². The van der Waals surface area contributed by atoms with Gasteiger partial charge < -0.3 is 14.9 Å². The average molecular weight is 292 g/mol. The fourth-order valence-corrected chi connectivity index (χ4v) is 1.92. The first-order valence-corrected chi connectivity index (χ1v) is 7.22. The van der Waals surface area contributed by atoms with Crippen LogP contribution in [0.25, 0.3) is 0 Å². The third-order valence-electron chi connectivity index (χ3n) is 2.96. The van der Waals surface area contributed by atoms with Gasteiger partial charge in [0.05, 0.1) is 12.2 Å². The Bertz CT molecular complexity index is 512. The molecule has 1 atom stereocenters. The highest BCUT2D eigenvalue weighted by Crippen LogP contribution is 2.25. The van der Waals surface area contributed by atoms with Crippen molar-refractivity contribution in [2.45, 2.75) is 47.1 Å². The summed E-state index contributed by atoms with van der Waals surface area (Å²) in [4.78, 5) is 15.8. The number of carbonyl (C=O) groups excluding carboxylic acids is 1. The molecule has 0 amide bonds. The summed E-state index contributed by atoms with van der Waals surface area (Å²) in [5.41, 5.74) is 1.02. The van der Waals surface area contributed by atoms with Gasteiger partial charge in [-0.3, -0.25) is 4.79 Å². The second kappa shape index (κ2) is 7.76. The summed E-state index contributed by atoms with van der Waals surface area (Å²) >= 11 is 0. The number of nitrogens with zero attached hydrogens (tertiary/aromatic N) is 1. The van der Waals surface area contributed by atoms with E-state index in [1.54, 1.807) is 19.2 Å². The van der Waals surface area contributed by atoms with Crippen LogP contribution in [-0.2, 0) is 4.79 Å². The molecule has 116 valence electrons. The summed E-state index contributed by atoms with van der Waals surface area (Å²) in [5, 5.41) is 7.75. The Kier molecular flexibility index (Phi) is 6.34. The lowest BCUT2D eigenvalue weighted by Crippen LogP contribution is -2.31. The van der Waals surface area contributed by atoms with Gasteiger partial charge in [0.15, 0.2) is 11.9 Å². The van der Waals surface area contributed by atoms with Crippen LogP contribution in [0.3, 0.4) is 0 Å². The molecule has 5 nitrogen and oxygen atoms in total. The molecule has 1 unspecified atom stereocenters. The first kappa shape index (κ1) is 17.1. The molecule has 0 spiro atoms. The van der Waals surface area contributed by atoms with Gasteiger partial charge in [-0.1, -0.05) is 20.8 Å². The minimum absolute atomic E-state index is 0.0323. The molecule has 5 heteroatoms. The van der Waals surface area contributed by atoms with E-state index in [1.807, 2.05) is 20.8 Å². The molecule has 0 aliphatic carbocycles. The van der Waals surface area contributed by atoms with Gasteiger partial charge in [0.1, 0.15) is 5.75 Å². The maximum atomic E-state index is 11.6. The number of hydrogen-bond acceptors (Lipinski definition) is 5. The molecule has 1 N–H and O–H groups in total. The van der Waals surface area contributed by atoms with Crippen LogP contribution >= 0.6 is 0 Å². The van der Waals surface area contributed by atoms with Crippen molar-refractivity contribution in [2.24, 2.45) is 5.92 Å². The molecule has 0 aliphatic heterocycles. The third-order valence-corrected chi connectivity index (χ3v) is 2.96. The van der Waals surface area contributed by atoms with Crippen LogP contribution in [0.4, 0.5) is 0 Å². The summed E-state index contributed by atoms with van der Waals surface area (Å²) < 4.78 is 11.3. The number of nitrogens with one attached hydrogen (secondary N) is 1. The van der Waals surface area contributed by atoms with Crippen LogP contribution in [-0.4, -0.2) is 29.2 Å². The Hall–Kier alpha value is -1.91. The monoisotopic (exact) mass is 292 g/mol. The lowest BCUT2D eigenvalue weighted by molar-refractivity contribution is -0.125. The molecule has 0 fully saturated rings. The molecule has 0 aromatic carbocycles. The van der Waals surface area contributed by atoms with Crippen LogP contribution < -0.4 is 9.47 Å². The van der Waals surface area contributed by atoms with Gasteiger partial charge in [-0.05, 0) is 26.2 Å². The fourth-order valence-electron chi connectivity index (χ4n) is 1.92. The largest absolute Gasteiger partial charge is 0.493 e. The van der Waals surface area contributed by atoms with E-state index in [0.29, 0.717) is 29.5 Å². The Morgan fingerprint density at radius 1 is 1.38 bits per heavy atom. The zero-order chi connectivity index (χ0) is 16.0. The van der Waals surface area contributed by atoms with E-state index in [9.17, 15) is 4.79 Å². The van der Waals surface area contributed by atoms with Gasteiger partial charge in [0.25, 0.3) is 0 Å². The SMILES string of the molecule is CCCOc1cc(OC(C(C)=O)C(C)C)ncc1C(C)=N. The van der Waals surface area contributed by atoms with Gasteiger partial charge in [-0.2, -0.15) is 0 Å². The number of pyridine rings is 1. The molecule has 21 heavy (non-hydrogen) atoms. The summed E-state index contributed by atoms with van der Waals surface area (Å²) in [6, 6.07) is 1.65. The number of aromatic nitrogens is 1. The quantitative estimate of drug-likeness (QED) is 0.746. The van der Waals surface area contributed by atoms with E-state index >= 15 is 0 Å². The van der Waals surface area contributed by atoms with Crippen LogP contribution in [0.5, 0.6) is 11.6 Å². The molecular weight excluding hydrogens is 268 g/mol. The van der Waals surface area contributed by atoms with E-state index < -0.39 is 6.10 Å². The van der Waals surface area contributed by atoms with Crippen molar-refractivity contribution in [1.29, 1.82) is 5.41 Å². The van der Waals surface area contributed by atoms with Gasteiger partial charge in [0.2, 0.25) is 5.88 Å². The highest BCUT2D eigenvalue weighted by Gasteiger charge is 2.21. The number of ketones is 1. The standard InChI is InChI=1S/C16H24N2O3/c1-6-7-20-14-8-15(18-9-13(14)11(4)17)21-16(10(2)3)12(5)19/h8-10,16-17H,6-7H2,1-5H3. The van der Waals surface area contributed by atoms with Crippen LogP contribution in [0.1, 0.15) is 46.6 Å². The number of rotatable bonds is 8. The van der Waals surface area contributed by atoms with Crippen molar-refractivity contribution in [3.63, 3.8) is 0 Å². The van der Waals surface area contributed by atoms with Gasteiger partial charge in [-0.15, -0.1) is 0 Å². The van der Waals surface area contributed by atoms with Crippen molar-refractivity contribution in [1.82, 2.24) is 4.98 Å². The molecular formula is C16H24N2O3. The molecule has 1 aromatic heterocycles. The molecule has 0 saturated carbocycles. The van der Waals surface area contributed by atoms with E-state index in [2.05, 4.69) is 4.98 Å². The van der Waals surface area contributed by atoms with E-state index in [1.165, 1.54) is 6.92 Å². The summed E-state index contributed by atoms with van der Waals surface area (Å²) in [6.07, 6.45) is 1.90. The minimum atomic E-state index is -0.525. The van der Waals surface area contributed by atoms with Crippen molar-refractivity contribution in [2.75, 3.05) is 6.61 Å². The van der Waals surface area contributed by atoms with Crippen LogP contribution in [0.2, 0.25) is 0 Å². The number of Topliss-reactive ketones (excluding diaryl/α,β-unsaturated/α-hetero) is 1. The molecule has 1 aromatic rings. The number of hydrogen-bond donors (Lipinski definition) is 1.